The number of likely N-dealkylation sites (N-methyl/N-ethyl adjacent to an activating group) is 1. The molecule has 4 aliphatic rings. The fourth-order valence-corrected chi connectivity index (χ4v) is 12.2. The molecule has 0 aliphatic carbocycles. The number of rotatable bonds is 11. The first-order valence-electron chi connectivity index (χ1n) is 22.2. The maximum atomic E-state index is 14.5. The molecule has 4 aliphatic heterocycles. The second kappa shape index (κ2) is 19.7. The molecule has 0 aromatic carbocycles. The topological polar surface area (TPSA) is 150 Å². The molecule has 0 aromatic rings. The molecule has 4 fully saturated rings. The van der Waals surface area contributed by atoms with Gasteiger partial charge in [0.05, 0.1) is 47.6 Å². The van der Waals surface area contributed by atoms with E-state index < -0.39 is 107 Å². The van der Waals surface area contributed by atoms with Gasteiger partial charge < -0.3 is 56.8 Å². The third-order valence-electron chi connectivity index (χ3n) is 12.9. The molecule has 0 aromatic heterocycles. The van der Waals surface area contributed by atoms with Crippen LogP contribution in [0.4, 0.5) is 4.79 Å². The van der Waals surface area contributed by atoms with Gasteiger partial charge in [-0.3, -0.25) is 4.79 Å². The Hall–Kier alpha value is -1.45. The van der Waals surface area contributed by atoms with E-state index in [-0.39, 0.29) is 36.5 Å². The van der Waals surface area contributed by atoms with Crippen LogP contribution >= 0.6 is 0 Å². The number of hydrogen-bond acceptors (Lipinski definition) is 14. The molecule has 14 nitrogen and oxygen atoms in total. The van der Waals surface area contributed by atoms with Gasteiger partial charge in [0.2, 0.25) is 0 Å². The summed E-state index contributed by atoms with van der Waals surface area (Å²) >= 11 is 0. The van der Waals surface area contributed by atoms with Crippen LogP contribution in [0.15, 0.2) is 12.2 Å². The van der Waals surface area contributed by atoms with Gasteiger partial charge in [-0.2, -0.15) is 0 Å². The molecule has 2 unspecified atom stereocenters. The van der Waals surface area contributed by atoms with Gasteiger partial charge in [0.25, 0.3) is 0 Å². The maximum Gasteiger partial charge on any atom is 0.509 e. The summed E-state index contributed by atoms with van der Waals surface area (Å²) in [4.78, 5) is 29.7. The number of aliphatic hydroxyl groups is 1. The summed E-state index contributed by atoms with van der Waals surface area (Å²) in [6, 6.07) is -0.0437. The van der Waals surface area contributed by atoms with E-state index in [1.165, 1.54) is 0 Å². The van der Waals surface area contributed by atoms with Crippen LogP contribution in [0.1, 0.15) is 88.0 Å². The normalized spacial score (nSPS) is 44.1. The van der Waals surface area contributed by atoms with Crippen LogP contribution in [-0.4, -0.2) is 145 Å². The van der Waals surface area contributed by atoms with E-state index in [2.05, 4.69) is 50.8 Å². The Bertz CT molecular complexity index is 1470. The predicted molar refractivity (Wildman–Crippen MR) is 233 cm³/mol. The van der Waals surface area contributed by atoms with Crippen molar-refractivity contribution in [2.24, 2.45) is 23.7 Å². The van der Waals surface area contributed by atoms with Crippen molar-refractivity contribution in [3.63, 3.8) is 0 Å². The summed E-state index contributed by atoms with van der Waals surface area (Å²) < 4.78 is 65.0. The molecule has 0 saturated carbocycles. The molecule has 0 radical (unpaired) electrons. The highest BCUT2D eigenvalue weighted by molar-refractivity contribution is 6.70. The molecule has 4 rings (SSSR count). The Morgan fingerprint density at radius 3 is 2.00 bits per heavy atom. The second-order valence-electron chi connectivity index (χ2n) is 20.9. The number of fused-ring (bicyclic) bond motifs is 2. The Morgan fingerprint density at radius 1 is 0.833 bits per heavy atom. The second-order valence-corrected chi connectivity index (χ2v) is 29.8. The van der Waals surface area contributed by atoms with E-state index >= 15 is 0 Å². The summed E-state index contributed by atoms with van der Waals surface area (Å²) in [5.41, 5.74) is -1.91. The van der Waals surface area contributed by atoms with Gasteiger partial charge in [-0.1, -0.05) is 34.3 Å². The zero-order valence-corrected chi connectivity index (χ0v) is 42.1. The van der Waals surface area contributed by atoms with Crippen molar-refractivity contribution in [3.05, 3.63) is 12.2 Å². The molecule has 4 heterocycles. The summed E-state index contributed by atoms with van der Waals surface area (Å²) in [5.74, 6) is -2.86. The predicted octanol–water partition coefficient (Wildman–Crippen LogP) is 7.28. The number of carbonyl (C=O) groups is 2. The zero-order valence-electron chi connectivity index (χ0n) is 40.1. The standard InChI is InChI=1S/C44H81NO13Si2/c1-20-32-26(4)35-27(5)34(54-42(47)55-35)24(2)22-43(9,48)38(56-41-37(57-59(14,15)16)31(45(11)12)21-25(3)50-41)28(6)36(29(7)40(46)52-32)53-33-23-44(10,49-13)39(30(8)51-33)58-60(17,18)19/h24-25,27-39,41,48H,4,20-23H2,1-3,5-19H3/t24-,25-,27+,28+,29-,30+,31+,32-,33?,34+,35+,36+,37-,38-,39+,41?,43+,44-/m1/s1. The van der Waals surface area contributed by atoms with Gasteiger partial charge in [-0.05, 0) is 113 Å². The fourth-order valence-electron chi connectivity index (χ4n) is 9.93. The molecule has 18 atom stereocenters. The van der Waals surface area contributed by atoms with Gasteiger partial charge in [0.15, 0.2) is 29.2 Å². The third-order valence-corrected chi connectivity index (χ3v) is 14.8. The fraction of sp³-hybridized carbons (Fsp3) is 0.909. The van der Waals surface area contributed by atoms with E-state index in [1.54, 1.807) is 21.0 Å². The van der Waals surface area contributed by atoms with Gasteiger partial charge in [-0.15, -0.1) is 0 Å². The minimum Gasteiger partial charge on any atom is -0.457 e. The Kier molecular flexibility index (Phi) is 16.8. The highest BCUT2D eigenvalue weighted by atomic mass is 28.4. The Labute approximate surface area is 363 Å². The largest absolute Gasteiger partial charge is 0.509 e. The third kappa shape index (κ3) is 12.2. The summed E-state index contributed by atoms with van der Waals surface area (Å²) in [6.45, 7) is 34.3. The van der Waals surface area contributed by atoms with Crippen LogP contribution in [0.3, 0.4) is 0 Å². The van der Waals surface area contributed by atoms with Crippen molar-refractivity contribution < 1.29 is 61.4 Å². The minimum absolute atomic E-state index is 0.0437. The van der Waals surface area contributed by atoms with Crippen LogP contribution in [0.5, 0.6) is 0 Å². The summed E-state index contributed by atoms with van der Waals surface area (Å²) in [5, 5.41) is 13.0. The first kappa shape index (κ1) is 51.2. The number of cyclic esters (lactones) is 1. The number of hydrogen-bond donors (Lipinski definition) is 1. The van der Waals surface area contributed by atoms with Gasteiger partial charge in [0.1, 0.15) is 24.4 Å². The van der Waals surface area contributed by atoms with Crippen LogP contribution in [0, 0.1) is 23.7 Å². The van der Waals surface area contributed by atoms with Gasteiger partial charge >= 0.3 is 12.1 Å². The lowest BCUT2D eigenvalue weighted by molar-refractivity contribution is -0.315. The van der Waals surface area contributed by atoms with E-state index in [4.69, 9.17) is 46.7 Å². The van der Waals surface area contributed by atoms with Crippen molar-refractivity contribution in [2.45, 2.75) is 212 Å². The van der Waals surface area contributed by atoms with E-state index in [0.717, 1.165) is 6.42 Å². The lowest BCUT2D eigenvalue weighted by Crippen LogP contribution is -2.62. The van der Waals surface area contributed by atoms with E-state index in [0.29, 0.717) is 18.4 Å². The first-order valence-corrected chi connectivity index (χ1v) is 29.0. The van der Waals surface area contributed by atoms with Crippen LogP contribution in [0.2, 0.25) is 39.3 Å². The number of esters is 1. The molecule has 60 heavy (non-hydrogen) atoms. The molecule has 16 heteroatoms. The van der Waals surface area contributed by atoms with Gasteiger partial charge in [0, 0.05) is 37.0 Å². The molecule has 2 bridgehead atoms. The van der Waals surface area contributed by atoms with Crippen molar-refractivity contribution in [3.8, 4) is 0 Å². The smallest absolute Gasteiger partial charge is 0.457 e. The number of nitrogens with zero attached hydrogens (tertiary/aromatic N) is 1. The number of carbonyl (C=O) groups excluding carboxylic acids is 2. The lowest BCUT2D eigenvalue weighted by Gasteiger charge is -2.51. The Morgan fingerprint density at radius 2 is 1.45 bits per heavy atom. The van der Waals surface area contributed by atoms with Crippen LogP contribution < -0.4 is 0 Å². The summed E-state index contributed by atoms with van der Waals surface area (Å²) in [6.07, 6.45) is -6.52. The van der Waals surface area contributed by atoms with Gasteiger partial charge in [-0.25, -0.2) is 4.79 Å². The molecular weight excluding hydrogens is 807 g/mol. The molecular formula is C44H81NO13Si2. The quantitative estimate of drug-likeness (QED) is 0.126. The SMILES string of the molecule is C=C1[C@@H](CC)OC(=O)[C@H](C)[C@@H](OC2C[C@@](C)(OC)[C@@H](O[Si](C)(C)C)[C@H](C)O2)[C@H](C)[C@@H](OC2O[C@H](C)C[C@H](N(C)C)[C@H]2O[Si](C)(C)C)[C@@](C)(O)C[C@@H](C)[C@@H]2OC(=O)O[C@@H]1[C@H]2C. The average Bonchev–Trinajstić information content (AvgIpc) is 3.12. The zero-order chi connectivity index (χ0) is 45.4. The lowest BCUT2D eigenvalue weighted by atomic mass is 9.74. The Balaban J connectivity index is 1.87. The molecule has 0 amide bonds. The number of methoxy groups -OCH3 is 1. The highest BCUT2D eigenvalue weighted by Gasteiger charge is 2.54. The monoisotopic (exact) mass is 888 g/mol. The molecule has 1 N–H and O–H groups in total. The van der Waals surface area contributed by atoms with Crippen molar-refractivity contribution >= 4 is 28.8 Å². The highest BCUT2D eigenvalue weighted by Crippen LogP contribution is 2.43. The van der Waals surface area contributed by atoms with Crippen molar-refractivity contribution in [1.82, 2.24) is 4.90 Å². The summed E-state index contributed by atoms with van der Waals surface area (Å²) in [7, 11) is 1.53. The van der Waals surface area contributed by atoms with Crippen molar-refractivity contribution in [2.75, 3.05) is 21.2 Å². The average molecular weight is 888 g/mol. The van der Waals surface area contributed by atoms with E-state index in [1.807, 2.05) is 62.6 Å². The van der Waals surface area contributed by atoms with Crippen LogP contribution in [-0.2, 0) is 51.5 Å². The van der Waals surface area contributed by atoms with Crippen molar-refractivity contribution in [1.29, 1.82) is 0 Å². The molecule has 348 valence electrons. The maximum absolute atomic E-state index is 14.5. The van der Waals surface area contributed by atoms with Crippen LogP contribution in [0.25, 0.3) is 0 Å². The molecule has 4 saturated heterocycles. The number of ether oxygens (including phenoxy) is 8. The van der Waals surface area contributed by atoms with E-state index in [9.17, 15) is 14.7 Å². The first-order chi connectivity index (χ1) is 27.5. The minimum atomic E-state index is -2.17. The molecule has 0 spiro atoms.